The molecule has 0 N–H and O–H groups in total. The molecule has 0 amide bonds. The van der Waals surface area contributed by atoms with Gasteiger partial charge in [-0.1, -0.05) is 0 Å². The molecule has 0 spiro atoms. The first-order chi connectivity index (χ1) is 6.91. The van der Waals surface area contributed by atoms with Gasteiger partial charge in [0.2, 0.25) is 5.75 Å². The van der Waals surface area contributed by atoms with Crippen molar-refractivity contribution in [2.24, 2.45) is 0 Å². The van der Waals surface area contributed by atoms with Crippen molar-refractivity contribution >= 4 is 5.69 Å². The van der Waals surface area contributed by atoms with Crippen LogP contribution in [-0.2, 0) is 0 Å². The van der Waals surface area contributed by atoms with Crippen LogP contribution >= 0.6 is 0 Å². The standard InChI is InChI=1S/C9H9F2NO3/c1-5-3-7(12(13)14)8(4-6(5)2)15-9(10)11/h3-4,9H,1-2H3. The van der Waals surface area contributed by atoms with Crippen LogP contribution < -0.4 is 4.74 Å². The summed E-state index contributed by atoms with van der Waals surface area (Å²) in [5.74, 6) is -0.405. The first-order valence-corrected chi connectivity index (χ1v) is 4.12. The number of nitro groups is 1. The van der Waals surface area contributed by atoms with E-state index < -0.39 is 23.0 Å². The summed E-state index contributed by atoms with van der Waals surface area (Å²) < 4.78 is 28.0. The van der Waals surface area contributed by atoms with Crippen molar-refractivity contribution in [1.29, 1.82) is 0 Å². The molecule has 6 heteroatoms. The predicted octanol–water partition coefficient (Wildman–Crippen LogP) is 2.81. The second-order valence-electron chi connectivity index (χ2n) is 3.04. The normalized spacial score (nSPS) is 10.5. The van der Waals surface area contributed by atoms with E-state index in [0.717, 1.165) is 0 Å². The molecule has 0 saturated heterocycles. The lowest BCUT2D eigenvalue weighted by atomic mass is 10.1. The van der Waals surface area contributed by atoms with E-state index in [2.05, 4.69) is 4.74 Å². The largest absolute Gasteiger partial charge is 0.427 e. The molecule has 0 aliphatic rings. The number of benzene rings is 1. The molecule has 0 aliphatic heterocycles. The Labute approximate surface area is 84.6 Å². The molecule has 0 radical (unpaired) electrons. The Morgan fingerprint density at radius 1 is 1.33 bits per heavy atom. The number of nitrogens with zero attached hydrogens (tertiary/aromatic N) is 1. The van der Waals surface area contributed by atoms with Gasteiger partial charge in [0, 0.05) is 6.07 Å². The van der Waals surface area contributed by atoms with Gasteiger partial charge in [-0.2, -0.15) is 8.78 Å². The highest BCUT2D eigenvalue weighted by molar-refractivity contribution is 5.51. The quantitative estimate of drug-likeness (QED) is 0.577. The van der Waals surface area contributed by atoms with Crippen LogP contribution in [0, 0.1) is 24.0 Å². The highest BCUT2D eigenvalue weighted by Gasteiger charge is 2.19. The molecule has 1 aromatic carbocycles. The van der Waals surface area contributed by atoms with Gasteiger partial charge in [0.25, 0.3) is 0 Å². The van der Waals surface area contributed by atoms with E-state index in [9.17, 15) is 18.9 Å². The topological polar surface area (TPSA) is 52.4 Å². The molecule has 4 nitrogen and oxygen atoms in total. The Morgan fingerprint density at radius 3 is 2.33 bits per heavy atom. The van der Waals surface area contributed by atoms with E-state index in [1.54, 1.807) is 13.8 Å². The zero-order chi connectivity index (χ0) is 11.6. The zero-order valence-electron chi connectivity index (χ0n) is 8.16. The van der Waals surface area contributed by atoms with Gasteiger partial charge in [-0.25, -0.2) is 0 Å². The second kappa shape index (κ2) is 4.20. The van der Waals surface area contributed by atoms with Crippen LogP contribution in [0.1, 0.15) is 11.1 Å². The molecule has 0 fully saturated rings. The Balaban J connectivity index is 3.22. The van der Waals surface area contributed by atoms with E-state index in [1.807, 2.05) is 0 Å². The summed E-state index contributed by atoms with van der Waals surface area (Å²) in [5, 5.41) is 10.5. The van der Waals surface area contributed by atoms with Crippen LogP contribution in [0.3, 0.4) is 0 Å². The van der Waals surface area contributed by atoms with Crippen molar-refractivity contribution in [2.45, 2.75) is 20.5 Å². The smallest absolute Gasteiger partial charge is 0.387 e. The fraction of sp³-hybridized carbons (Fsp3) is 0.333. The van der Waals surface area contributed by atoms with Gasteiger partial charge >= 0.3 is 12.3 Å². The van der Waals surface area contributed by atoms with Crippen LogP contribution in [0.25, 0.3) is 0 Å². The van der Waals surface area contributed by atoms with Crippen molar-refractivity contribution in [3.63, 3.8) is 0 Å². The zero-order valence-corrected chi connectivity index (χ0v) is 8.16. The van der Waals surface area contributed by atoms with Gasteiger partial charge in [-0.15, -0.1) is 0 Å². The predicted molar refractivity (Wildman–Crippen MR) is 49.2 cm³/mol. The molecule has 15 heavy (non-hydrogen) atoms. The van der Waals surface area contributed by atoms with Gasteiger partial charge in [-0.05, 0) is 31.0 Å². The summed E-state index contributed by atoms with van der Waals surface area (Å²) in [7, 11) is 0. The van der Waals surface area contributed by atoms with E-state index in [4.69, 9.17) is 0 Å². The van der Waals surface area contributed by atoms with Gasteiger partial charge in [-0.3, -0.25) is 10.1 Å². The minimum Gasteiger partial charge on any atom is -0.427 e. The minimum atomic E-state index is -3.06. The average molecular weight is 217 g/mol. The summed E-state index contributed by atoms with van der Waals surface area (Å²) in [4.78, 5) is 9.80. The third kappa shape index (κ3) is 2.61. The van der Waals surface area contributed by atoms with E-state index in [-0.39, 0.29) is 0 Å². The monoisotopic (exact) mass is 217 g/mol. The molecular weight excluding hydrogens is 208 g/mol. The van der Waals surface area contributed by atoms with Crippen LogP contribution in [0.5, 0.6) is 5.75 Å². The summed E-state index contributed by atoms with van der Waals surface area (Å²) in [6, 6.07) is 2.45. The summed E-state index contributed by atoms with van der Waals surface area (Å²) >= 11 is 0. The molecule has 82 valence electrons. The molecule has 0 bridgehead atoms. The number of hydrogen-bond donors (Lipinski definition) is 0. The number of alkyl halides is 2. The van der Waals surface area contributed by atoms with Crippen molar-refractivity contribution in [3.05, 3.63) is 33.4 Å². The third-order valence-corrected chi connectivity index (χ3v) is 1.99. The highest BCUT2D eigenvalue weighted by atomic mass is 19.3. The Morgan fingerprint density at radius 2 is 1.87 bits per heavy atom. The molecular formula is C9H9F2NO3. The van der Waals surface area contributed by atoms with Gasteiger partial charge < -0.3 is 4.74 Å². The number of hydrogen-bond acceptors (Lipinski definition) is 3. The van der Waals surface area contributed by atoms with Gasteiger partial charge in [0.05, 0.1) is 4.92 Å². The van der Waals surface area contributed by atoms with Crippen LogP contribution in [0.4, 0.5) is 14.5 Å². The number of ether oxygens (including phenoxy) is 1. The first kappa shape index (κ1) is 11.4. The van der Waals surface area contributed by atoms with Crippen LogP contribution in [0.2, 0.25) is 0 Å². The Kier molecular flexibility index (Phi) is 3.18. The molecule has 0 heterocycles. The molecule has 1 aromatic rings. The van der Waals surface area contributed by atoms with Crippen LogP contribution in [-0.4, -0.2) is 11.5 Å². The maximum Gasteiger partial charge on any atom is 0.387 e. The molecule has 0 unspecified atom stereocenters. The Bertz CT molecular complexity index is 393. The summed E-state index contributed by atoms with van der Waals surface area (Å²) in [5.41, 5.74) is 0.873. The summed E-state index contributed by atoms with van der Waals surface area (Å²) in [6.45, 7) is 0.261. The van der Waals surface area contributed by atoms with Crippen molar-refractivity contribution in [2.75, 3.05) is 0 Å². The van der Waals surface area contributed by atoms with E-state index in [0.29, 0.717) is 11.1 Å². The number of aryl methyl sites for hydroxylation is 2. The molecule has 0 saturated carbocycles. The van der Waals surface area contributed by atoms with Gasteiger partial charge in [0.15, 0.2) is 0 Å². The third-order valence-electron chi connectivity index (χ3n) is 1.99. The lowest BCUT2D eigenvalue weighted by Gasteiger charge is -2.07. The lowest BCUT2D eigenvalue weighted by molar-refractivity contribution is -0.386. The fourth-order valence-electron chi connectivity index (χ4n) is 1.11. The fourth-order valence-corrected chi connectivity index (χ4v) is 1.11. The molecule has 0 atom stereocenters. The number of rotatable bonds is 3. The van der Waals surface area contributed by atoms with Crippen LogP contribution in [0.15, 0.2) is 12.1 Å². The average Bonchev–Trinajstić information content (AvgIpc) is 2.09. The maximum atomic E-state index is 12.0. The summed E-state index contributed by atoms with van der Waals surface area (Å²) in [6.07, 6.45) is 0. The SMILES string of the molecule is Cc1cc(OC(F)F)c([N+](=O)[O-])cc1C. The lowest BCUT2D eigenvalue weighted by Crippen LogP contribution is -2.05. The van der Waals surface area contributed by atoms with Crippen molar-refractivity contribution < 1.29 is 18.4 Å². The number of halogens is 2. The Hall–Kier alpha value is -1.72. The van der Waals surface area contributed by atoms with Gasteiger partial charge in [0.1, 0.15) is 0 Å². The minimum absolute atomic E-state index is 0.405. The van der Waals surface area contributed by atoms with E-state index in [1.165, 1.54) is 12.1 Å². The van der Waals surface area contributed by atoms with Crippen molar-refractivity contribution in [1.82, 2.24) is 0 Å². The molecule has 0 aliphatic carbocycles. The van der Waals surface area contributed by atoms with E-state index >= 15 is 0 Å². The first-order valence-electron chi connectivity index (χ1n) is 4.12. The molecule has 1 rings (SSSR count). The number of nitro benzene ring substituents is 1. The maximum absolute atomic E-state index is 12.0. The highest BCUT2D eigenvalue weighted by Crippen LogP contribution is 2.31. The molecule has 0 aromatic heterocycles. The second-order valence-corrected chi connectivity index (χ2v) is 3.04. The van der Waals surface area contributed by atoms with Crippen molar-refractivity contribution in [3.8, 4) is 5.75 Å².